The summed E-state index contributed by atoms with van der Waals surface area (Å²) in [5.41, 5.74) is 2.50. The van der Waals surface area contributed by atoms with Gasteiger partial charge in [-0.05, 0) is 54.2 Å². The van der Waals surface area contributed by atoms with Crippen molar-refractivity contribution in [3.05, 3.63) is 70.5 Å². The van der Waals surface area contributed by atoms with E-state index in [4.69, 9.17) is 11.6 Å². The molecule has 0 amide bonds. The maximum Gasteiger partial charge on any atom is 0.123 e. The molecule has 1 saturated carbocycles. The van der Waals surface area contributed by atoms with Gasteiger partial charge in [-0.3, -0.25) is 0 Å². The van der Waals surface area contributed by atoms with E-state index in [2.05, 4.69) is 17.4 Å². The molecular weight excluding hydrogens is 273 g/mol. The van der Waals surface area contributed by atoms with Crippen LogP contribution in [0.15, 0.2) is 48.5 Å². The summed E-state index contributed by atoms with van der Waals surface area (Å²) in [6.45, 7) is 0.804. The van der Waals surface area contributed by atoms with Crippen molar-refractivity contribution < 1.29 is 4.39 Å². The molecule has 1 nitrogen and oxygen atoms in total. The molecule has 0 aliphatic heterocycles. The number of hydrogen-bond donors (Lipinski definition) is 1. The topological polar surface area (TPSA) is 12.0 Å². The molecule has 2 aromatic rings. The fraction of sp³-hybridized carbons (Fsp3) is 0.294. The summed E-state index contributed by atoms with van der Waals surface area (Å²) in [6.07, 6.45) is 2.31. The number of benzene rings is 2. The van der Waals surface area contributed by atoms with Gasteiger partial charge in [0.25, 0.3) is 0 Å². The van der Waals surface area contributed by atoms with Gasteiger partial charge in [-0.2, -0.15) is 0 Å². The Hall–Kier alpha value is -1.38. The molecule has 0 saturated heterocycles. The predicted molar refractivity (Wildman–Crippen MR) is 80.5 cm³/mol. The van der Waals surface area contributed by atoms with Crippen LogP contribution in [0.1, 0.15) is 29.9 Å². The van der Waals surface area contributed by atoms with Crippen molar-refractivity contribution in [2.75, 3.05) is 0 Å². The van der Waals surface area contributed by atoms with Crippen LogP contribution >= 0.6 is 11.6 Å². The van der Waals surface area contributed by atoms with Crippen molar-refractivity contribution in [2.45, 2.75) is 31.3 Å². The lowest BCUT2D eigenvalue weighted by Gasteiger charge is -2.36. The quantitative estimate of drug-likeness (QED) is 0.873. The highest BCUT2D eigenvalue weighted by atomic mass is 35.5. The summed E-state index contributed by atoms with van der Waals surface area (Å²) in [5.74, 6) is 0.457. The highest BCUT2D eigenvalue weighted by molar-refractivity contribution is 6.30. The van der Waals surface area contributed by atoms with Crippen LogP contribution in [0.5, 0.6) is 0 Å². The minimum absolute atomic E-state index is 0.180. The Morgan fingerprint density at radius 3 is 2.30 bits per heavy atom. The minimum atomic E-state index is -0.180. The number of halogens is 2. The summed E-state index contributed by atoms with van der Waals surface area (Å²) in [5, 5.41) is 4.31. The third-order valence-electron chi connectivity index (χ3n) is 3.99. The maximum atomic E-state index is 12.8. The van der Waals surface area contributed by atoms with Crippen molar-refractivity contribution in [3.8, 4) is 0 Å². The zero-order valence-corrected chi connectivity index (χ0v) is 11.9. The zero-order valence-electron chi connectivity index (χ0n) is 11.2. The Balaban J connectivity index is 1.46. The Kier molecular flexibility index (Phi) is 4.04. The molecule has 0 heterocycles. The van der Waals surface area contributed by atoms with Crippen molar-refractivity contribution in [2.24, 2.45) is 0 Å². The van der Waals surface area contributed by atoms with E-state index in [1.807, 2.05) is 24.3 Å². The molecular formula is C17H17ClFN. The van der Waals surface area contributed by atoms with Crippen molar-refractivity contribution in [3.63, 3.8) is 0 Å². The fourth-order valence-corrected chi connectivity index (χ4v) is 2.78. The summed E-state index contributed by atoms with van der Waals surface area (Å²) >= 11 is 5.90. The van der Waals surface area contributed by atoms with Crippen LogP contribution in [0.2, 0.25) is 5.02 Å². The highest BCUT2D eigenvalue weighted by Crippen LogP contribution is 2.37. The van der Waals surface area contributed by atoms with Gasteiger partial charge in [0.15, 0.2) is 0 Å². The first-order valence-electron chi connectivity index (χ1n) is 6.94. The summed E-state index contributed by atoms with van der Waals surface area (Å²) < 4.78 is 12.8. The Labute approximate surface area is 123 Å². The second-order valence-electron chi connectivity index (χ2n) is 5.42. The first kappa shape index (κ1) is 13.6. The minimum Gasteiger partial charge on any atom is -0.310 e. The third kappa shape index (κ3) is 3.20. The van der Waals surface area contributed by atoms with Crippen LogP contribution in [0.25, 0.3) is 0 Å². The smallest absolute Gasteiger partial charge is 0.123 e. The Morgan fingerprint density at radius 2 is 1.65 bits per heavy atom. The lowest BCUT2D eigenvalue weighted by Crippen LogP contribution is -2.39. The van der Waals surface area contributed by atoms with E-state index in [-0.39, 0.29) is 5.82 Å². The molecule has 0 atom stereocenters. The normalized spacial score (nSPS) is 21.5. The second-order valence-corrected chi connectivity index (χ2v) is 5.86. The van der Waals surface area contributed by atoms with Crippen molar-refractivity contribution in [1.29, 1.82) is 0 Å². The average molecular weight is 290 g/mol. The summed E-state index contributed by atoms with van der Waals surface area (Å²) in [6, 6.07) is 15.4. The molecule has 0 spiro atoms. The van der Waals surface area contributed by atoms with Crippen LogP contribution in [-0.4, -0.2) is 6.04 Å². The van der Waals surface area contributed by atoms with Crippen LogP contribution in [0, 0.1) is 5.82 Å². The Bertz CT molecular complexity index is 556. The monoisotopic (exact) mass is 289 g/mol. The van der Waals surface area contributed by atoms with Crippen LogP contribution in [-0.2, 0) is 6.54 Å². The van der Waals surface area contributed by atoms with Gasteiger partial charge < -0.3 is 5.32 Å². The predicted octanol–water partition coefficient (Wildman–Crippen LogP) is 4.51. The van der Waals surface area contributed by atoms with E-state index in [1.165, 1.54) is 17.7 Å². The molecule has 104 valence electrons. The van der Waals surface area contributed by atoms with E-state index in [9.17, 15) is 4.39 Å². The van der Waals surface area contributed by atoms with Crippen LogP contribution in [0.3, 0.4) is 0 Å². The molecule has 1 fully saturated rings. The van der Waals surface area contributed by atoms with Crippen molar-refractivity contribution >= 4 is 11.6 Å². The van der Waals surface area contributed by atoms with Crippen molar-refractivity contribution in [1.82, 2.24) is 5.32 Å². The van der Waals surface area contributed by atoms with E-state index in [0.29, 0.717) is 12.0 Å². The third-order valence-corrected chi connectivity index (χ3v) is 4.24. The summed E-state index contributed by atoms with van der Waals surface area (Å²) in [4.78, 5) is 0. The van der Waals surface area contributed by atoms with Gasteiger partial charge >= 0.3 is 0 Å². The number of rotatable bonds is 4. The molecule has 0 unspecified atom stereocenters. The van der Waals surface area contributed by atoms with Gasteiger partial charge in [-0.25, -0.2) is 4.39 Å². The SMILES string of the molecule is Fc1ccc(CNC2CC(c3ccc(Cl)cc3)C2)cc1. The highest BCUT2D eigenvalue weighted by Gasteiger charge is 2.29. The molecule has 0 radical (unpaired) electrons. The molecule has 1 aliphatic rings. The van der Waals surface area contributed by atoms with E-state index in [0.717, 1.165) is 30.0 Å². The first-order chi connectivity index (χ1) is 9.70. The molecule has 3 rings (SSSR count). The molecule has 3 heteroatoms. The van der Waals surface area contributed by atoms with Gasteiger partial charge in [-0.15, -0.1) is 0 Å². The van der Waals surface area contributed by atoms with Gasteiger partial charge in [0, 0.05) is 17.6 Å². The van der Waals surface area contributed by atoms with Gasteiger partial charge in [0.2, 0.25) is 0 Å². The first-order valence-corrected chi connectivity index (χ1v) is 7.32. The molecule has 0 aromatic heterocycles. The zero-order chi connectivity index (χ0) is 13.9. The lowest BCUT2D eigenvalue weighted by atomic mass is 9.76. The average Bonchev–Trinajstić information content (AvgIpc) is 2.41. The molecule has 2 aromatic carbocycles. The maximum absolute atomic E-state index is 12.8. The molecule has 1 aliphatic carbocycles. The molecule has 20 heavy (non-hydrogen) atoms. The van der Waals surface area contributed by atoms with E-state index < -0.39 is 0 Å². The Morgan fingerprint density at radius 1 is 1.00 bits per heavy atom. The van der Waals surface area contributed by atoms with Gasteiger partial charge in [-0.1, -0.05) is 35.9 Å². The second kappa shape index (κ2) is 5.94. The molecule has 1 N–H and O–H groups in total. The van der Waals surface area contributed by atoms with Crippen LogP contribution in [0.4, 0.5) is 4.39 Å². The lowest BCUT2D eigenvalue weighted by molar-refractivity contribution is 0.289. The van der Waals surface area contributed by atoms with Crippen LogP contribution < -0.4 is 5.32 Å². The fourth-order valence-electron chi connectivity index (χ4n) is 2.66. The van der Waals surface area contributed by atoms with E-state index in [1.54, 1.807) is 0 Å². The largest absolute Gasteiger partial charge is 0.310 e. The van der Waals surface area contributed by atoms with Gasteiger partial charge in [0.05, 0.1) is 0 Å². The summed E-state index contributed by atoms with van der Waals surface area (Å²) in [7, 11) is 0. The molecule has 0 bridgehead atoms. The van der Waals surface area contributed by atoms with Gasteiger partial charge in [0.1, 0.15) is 5.82 Å². The number of hydrogen-bond acceptors (Lipinski definition) is 1. The number of nitrogens with one attached hydrogen (secondary N) is 1. The van der Waals surface area contributed by atoms with E-state index >= 15 is 0 Å². The standard InChI is InChI=1S/C17H17ClFN/c18-15-5-3-13(4-6-15)14-9-17(10-14)20-11-12-1-7-16(19)8-2-12/h1-8,14,17,20H,9-11H2.